The number of primary amides is 1. The van der Waals surface area contributed by atoms with E-state index in [-0.39, 0.29) is 11.9 Å². The zero-order valence-corrected chi connectivity index (χ0v) is 11.4. The Kier molecular flexibility index (Phi) is 4.53. The quantitative estimate of drug-likeness (QED) is 0.704. The lowest BCUT2D eigenvalue weighted by Gasteiger charge is -2.20. The summed E-state index contributed by atoms with van der Waals surface area (Å²) >= 11 is 0. The first-order valence-corrected chi connectivity index (χ1v) is 6.65. The van der Waals surface area contributed by atoms with E-state index in [1.165, 1.54) is 0 Å². The van der Waals surface area contributed by atoms with Crippen LogP contribution in [-0.2, 0) is 9.59 Å². The maximum Gasteiger partial charge on any atom is 0.238 e. The minimum Gasteiger partial charge on any atom is -0.368 e. The van der Waals surface area contributed by atoms with Crippen LogP contribution in [0.4, 0.5) is 0 Å². The molecule has 0 bridgehead atoms. The number of nitrogens with two attached hydrogens (primary N) is 1. The van der Waals surface area contributed by atoms with Crippen LogP contribution in [0, 0.1) is 0 Å². The first kappa shape index (κ1) is 14.3. The van der Waals surface area contributed by atoms with Crippen molar-refractivity contribution in [2.45, 2.75) is 31.5 Å². The summed E-state index contributed by atoms with van der Waals surface area (Å²) in [5.74, 6) is -0.595. The molecular weight excluding hydrogens is 254 g/mol. The number of carbonyl (C=O) groups excluding carboxylic acids is 2. The second kappa shape index (κ2) is 6.34. The molecule has 0 radical (unpaired) electrons. The molecule has 1 aromatic carbocycles. The summed E-state index contributed by atoms with van der Waals surface area (Å²) in [6.45, 7) is 1.65. The molecule has 0 aliphatic carbocycles. The van der Waals surface area contributed by atoms with Gasteiger partial charge in [-0.2, -0.15) is 0 Å². The fourth-order valence-corrected chi connectivity index (χ4v) is 2.14. The van der Waals surface area contributed by atoms with E-state index in [4.69, 9.17) is 5.73 Å². The van der Waals surface area contributed by atoms with Gasteiger partial charge in [-0.1, -0.05) is 42.5 Å². The van der Waals surface area contributed by atoms with Gasteiger partial charge in [-0.3, -0.25) is 14.9 Å². The summed E-state index contributed by atoms with van der Waals surface area (Å²) in [5, 5.41) is 5.89. The molecule has 0 unspecified atom stereocenters. The molecule has 0 fully saturated rings. The molecule has 2 rings (SSSR count). The molecule has 1 aliphatic rings. The Hall–Kier alpha value is -2.14. The van der Waals surface area contributed by atoms with Crippen molar-refractivity contribution in [3.05, 3.63) is 48.0 Å². The Balaban J connectivity index is 2.05. The van der Waals surface area contributed by atoms with Gasteiger partial charge in [0.05, 0.1) is 18.1 Å². The van der Waals surface area contributed by atoms with Crippen LogP contribution in [0.1, 0.15) is 24.9 Å². The van der Waals surface area contributed by atoms with E-state index in [2.05, 4.69) is 10.6 Å². The molecule has 0 saturated heterocycles. The third-order valence-electron chi connectivity index (χ3n) is 3.35. The van der Waals surface area contributed by atoms with Gasteiger partial charge >= 0.3 is 0 Å². The lowest BCUT2D eigenvalue weighted by Crippen LogP contribution is -2.50. The van der Waals surface area contributed by atoms with Crippen LogP contribution in [0.3, 0.4) is 0 Å². The van der Waals surface area contributed by atoms with E-state index in [1.54, 1.807) is 6.92 Å². The van der Waals surface area contributed by atoms with Crippen LogP contribution < -0.4 is 16.4 Å². The largest absolute Gasteiger partial charge is 0.368 e. The number of carbonyl (C=O) groups is 2. The summed E-state index contributed by atoms with van der Waals surface area (Å²) in [6.07, 6.45) is 4.44. The first-order valence-electron chi connectivity index (χ1n) is 6.65. The molecule has 0 spiro atoms. The number of hydrogen-bond acceptors (Lipinski definition) is 3. The summed E-state index contributed by atoms with van der Waals surface area (Å²) in [7, 11) is 0. The van der Waals surface area contributed by atoms with Gasteiger partial charge in [-0.05, 0) is 18.9 Å². The second-order valence-electron chi connectivity index (χ2n) is 4.90. The molecular formula is C15H19N3O2. The first-order chi connectivity index (χ1) is 9.58. The highest BCUT2D eigenvalue weighted by molar-refractivity contribution is 5.85. The molecule has 1 aliphatic heterocycles. The number of hydrogen-bond donors (Lipinski definition) is 3. The Morgan fingerprint density at radius 2 is 2.10 bits per heavy atom. The molecule has 106 valence electrons. The molecule has 5 nitrogen and oxygen atoms in total. The Morgan fingerprint density at radius 1 is 1.40 bits per heavy atom. The van der Waals surface area contributed by atoms with Crippen molar-refractivity contribution < 1.29 is 9.59 Å². The molecule has 0 saturated carbocycles. The summed E-state index contributed by atoms with van der Waals surface area (Å²) < 4.78 is 0. The SMILES string of the molecule is C[C@H](N[C@H]1CC=C[C@@H](c2ccccc2)NC1=O)C(N)=O. The van der Waals surface area contributed by atoms with Crippen LogP contribution in [0.2, 0.25) is 0 Å². The van der Waals surface area contributed by atoms with E-state index in [0.29, 0.717) is 6.42 Å². The van der Waals surface area contributed by atoms with Crippen molar-refractivity contribution >= 4 is 11.8 Å². The van der Waals surface area contributed by atoms with E-state index in [9.17, 15) is 9.59 Å². The van der Waals surface area contributed by atoms with Gasteiger partial charge in [0.25, 0.3) is 0 Å². The molecule has 20 heavy (non-hydrogen) atoms. The molecule has 0 aromatic heterocycles. The third-order valence-corrected chi connectivity index (χ3v) is 3.35. The second-order valence-corrected chi connectivity index (χ2v) is 4.90. The fourth-order valence-electron chi connectivity index (χ4n) is 2.14. The Morgan fingerprint density at radius 3 is 2.75 bits per heavy atom. The molecule has 3 atom stereocenters. The predicted molar refractivity (Wildman–Crippen MR) is 76.7 cm³/mol. The number of benzene rings is 1. The van der Waals surface area contributed by atoms with Gasteiger partial charge in [0.15, 0.2) is 0 Å². The molecule has 1 aromatic rings. The molecule has 4 N–H and O–H groups in total. The average Bonchev–Trinajstić information content (AvgIpc) is 2.62. The minimum atomic E-state index is -0.535. The van der Waals surface area contributed by atoms with Gasteiger partial charge < -0.3 is 11.1 Å². The highest BCUT2D eigenvalue weighted by Crippen LogP contribution is 2.17. The normalized spacial score (nSPS) is 23.8. The van der Waals surface area contributed by atoms with E-state index in [0.717, 1.165) is 5.56 Å². The predicted octanol–water partition coefficient (Wildman–Crippen LogP) is 0.636. The van der Waals surface area contributed by atoms with Gasteiger partial charge in [-0.15, -0.1) is 0 Å². The highest BCUT2D eigenvalue weighted by atomic mass is 16.2. The topological polar surface area (TPSA) is 84.2 Å². The van der Waals surface area contributed by atoms with Crippen LogP contribution in [0.15, 0.2) is 42.5 Å². The number of rotatable bonds is 4. The van der Waals surface area contributed by atoms with E-state index in [1.807, 2.05) is 42.5 Å². The number of nitrogens with one attached hydrogen (secondary N) is 2. The molecule has 2 amide bonds. The minimum absolute atomic E-state index is 0.128. The molecule has 1 heterocycles. The smallest absolute Gasteiger partial charge is 0.238 e. The average molecular weight is 273 g/mol. The van der Waals surface area contributed by atoms with Crippen molar-refractivity contribution in [3.8, 4) is 0 Å². The van der Waals surface area contributed by atoms with Crippen LogP contribution >= 0.6 is 0 Å². The van der Waals surface area contributed by atoms with Crippen LogP contribution in [0.25, 0.3) is 0 Å². The van der Waals surface area contributed by atoms with Gasteiger partial charge in [-0.25, -0.2) is 0 Å². The summed E-state index contributed by atoms with van der Waals surface area (Å²) in [5.41, 5.74) is 6.23. The van der Waals surface area contributed by atoms with Gasteiger partial charge in [0, 0.05) is 0 Å². The maximum atomic E-state index is 12.2. The molecule has 5 heteroatoms. The maximum absolute atomic E-state index is 12.2. The summed E-state index contributed by atoms with van der Waals surface area (Å²) in [4.78, 5) is 23.3. The van der Waals surface area contributed by atoms with Crippen molar-refractivity contribution in [3.63, 3.8) is 0 Å². The van der Waals surface area contributed by atoms with Crippen molar-refractivity contribution in [2.24, 2.45) is 5.73 Å². The highest BCUT2D eigenvalue weighted by Gasteiger charge is 2.25. The monoisotopic (exact) mass is 273 g/mol. The van der Waals surface area contributed by atoms with Crippen molar-refractivity contribution in [1.82, 2.24) is 10.6 Å². The lowest BCUT2D eigenvalue weighted by atomic mass is 10.1. The van der Waals surface area contributed by atoms with Crippen LogP contribution in [0.5, 0.6) is 0 Å². The Labute approximate surface area is 118 Å². The van der Waals surface area contributed by atoms with E-state index < -0.39 is 18.0 Å². The van der Waals surface area contributed by atoms with Crippen molar-refractivity contribution in [2.75, 3.05) is 0 Å². The zero-order chi connectivity index (χ0) is 14.5. The lowest BCUT2D eigenvalue weighted by molar-refractivity contribution is -0.124. The van der Waals surface area contributed by atoms with Crippen molar-refractivity contribution in [1.29, 1.82) is 0 Å². The number of amides is 2. The Bertz CT molecular complexity index is 513. The fraction of sp³-hybridized carbons (Fsp3) is 0.333. The van der Waals surface area contributed by atoms with E-state index >= 15 is 0 Å². The summed E-state index contributed by atoms with van der Waals surface area (Å²) in [6, 6.07) is 8.62. The van der Waals surface area contributed by atoms with Gasteiger partial charge in [0.2, 0.25) is 11.8 Å². The van der Waals surface area contributed by atoms with Crippen LogP contribution in [-0.4, -0.2) is 23.9 Å². The van der Waals surface area contributed by atoms with Gasteiger partial charge in [0.1, 0.15) is 0 Å². The zero-order valence-electron chi connectivity index (χ0n) is 11.4. The third kappa shape index (κ3) is 3.45. The standard InChI is InChI=1S/C15H19N3O2/c1-10(14(16)19)17-13-9-5-8-12(18-15(13)20)11-6-3-2-4-7-11/h2-8,10,12-13,17H,9H2,1H3,(H2,16,19)(H,18,20)/t10-,12-,13-/m0/s1.